The molecule has 0 aromatic heterocycles. The van der Waals surface area contributed by atoms with Crippen molar-refractivity contribution in [1.29, 1.82) is 0 Å². The summed E-state index contributed by atoms with van der Waals surface area (Å²) in [4.78, 5) is 25.4. The molecule has 1 amide bonds. The molecule has 6 heteroatoms. The number of carbonyl (C=O) groups is 2. The van der Waals surface area contributed by atoms with Gasteiger partial charge in [-0.1, -0.05) is 70.0 Å². The van der Waals surface area contributed by atoms with E-state index in [-0.39, 0.29) is 6.42 Å². The number of carbonyl (C=O) groups excluding carboxylic acids is 1. The van der Waals surface area contributed by atoms with Crippen LogP contribution in [0.4, 0.5) is 0 Å². The van der Waals surface area contributed by atoms with Crippen LogP contribution in [0.15, 0.2) is 75.8 Å². The van der Waals surface area contributed by atoms with Gasteiger partial charge in [0, 0.05) is 10.4 Å². The van der Waals surface area contributed by atoms with E-state index in [0.717, 1.165) is 21.2 Å². The third-order valence-corrected chi connectivity index (χ3v) is 5.66. The van der Waals surface area contributed by atoms with Crippen LogP contribution in [-0.4, -0.2) is 23.2 Å². The van der Waals surface area contributed by atoms with E-state index in [9.17, 15) is 14.7 Å². The number of rotatable bonds is 5. The number of allylic oxidation sites excluding steroid dienone is 2. The normalized spacial score (nSPS) is 21.9. The maximum absolute atomic E-state index is 13.1. The second-order valence-electron chi connectivity index (χ2n) is 6.95. The number of nitrogens with one attached hydrogen (secondary N) is 1. The Balaban J connectivity index is 1.89. The number of nitrogens with zero attached hydrogens (tertiary/aromatic N) is 1. The van der Waals surface area contributed by atoms with Crippen LogP contribution in [0.1, 0.15) is 36.8 Å². The zero-order chi connectivity index (χ0) is 20.1. The lowest BCUT2D eigenvalue weighted by Crippen LogP contribution is -2.50. The number of hydrogen-bond donors (Lipinski definition) is 2. The van der Waals surface area contributed by atoms with Gasteiger partial charge in [-0.25, -0.2) is 5.43 Å². The number of benzene rings is 2. The van der Waals surface area contributed by atoms with E-state index >= 15 is 0 Å². The largest absolute Gasteiger partial charge is 0.480 e. The van der Waals surface area contributed by atoms with Crippen molar-refractivity contribution in [2.24, 2.45) is 10.5 Å². The zero-order valence-corrected chi connectivity index (χ0v) is 17.0. The van der Waals surface area contributed by atoms with Crippen molar-refractivity contribution in [3.8, 4) is 0 Å². The fourth-order valence-electron chi connectivity index (χ4n) is 3.54. The molecule has 2 unspecified atom stereocenters. The molecule has 28 heavy (non-hydrogen) atoms. The van der Waals surface area contributed by atoms with Crippen LogP contribution in [-0.2, 0) is 9.59 Å². The van der Waals surface area contributed by atoms with Gasteiger partial charge in [0.2, 0.25) is 0 Å². The predicted octanol–water partition coefficient (Wildman–Crippen LogP) is 4.49. The minimum atomic E-state index is -1.60. The average molecular weight is 441 g/mol. The first-order chi connectivity index (χ1) is 13.4. The van der Waals surface area contributed by atoms with E-state index in [4.69, 9.17) is 0 Å². The maximum atomic E-state index is 13.1. The quantitative estimate of drug-likeness (QED) is 0.311. The molecule has 3 rings (SSSR count). The Morgan fingerprint density at radius 3 is 2.50 bits per heavy atom. The summed E-state index contributed by atoms with van der Waals surface area (Å²) in [6.45, 7) is 1.96. The highest BCUT2D eigenvalue weighted by atomic mass is 79.9. The number of hydrazone groups is 1. The molecule has 0 saturated carbocycles. The summed E-state index contributed by atoms with van der Waals surface area (Å²) in [5.41, 5.74) is 3.58. The smallest absolute Gasteiger partial charge is 0.320 e. The van der Waals surface area contributed by atoms with Crippen molar-refractivity contribution in [3.63, 3.8) is 0 Å². The van der Waals surface area contributed by atoms with Gasteiger partial charge in [-0.2, -0.15) is 5.10 Å². The molecule has 2 atom stereocenters. The molecule has 0 saturated heterocycles. The lowest BCUT2D eigenvalue weighted by atomic mass is 9.64. The van der Waals surface area contributed by atoms with Gasteiger partial charge in [-0.05, 0) is 43.0 Å². The van der Waals surface area contributed by atoms with Crippen molar-refractivity contribution < 1.29 is 14.7 Å². The number of carboxylic acid groups (broad SMARTS) is 1. The molecule has 0 spiro atoms. The number of carboxylic acids is 1. The number of halogens is 1. The third kappa shape index (κ3) is 4.07. The van der Waals surface area contributed by atoms with Crippen molar-refractivity contribution in [1.82, 2.24) is 5.43 Å². The summed E-state index contributed by atoms with van der Waals surface area (Å²) < 4.78 is 0.939. The first-order valence-electron chi connectivity index (χ1n) is 8.96. The van der Waals surface area contributed by atoms with Crippen LogP contribution >= 0.6 is 15.9 Å². The van der Waals surface area contributed by atoms with Crippen molar-refractivity contribution in [3.05, 3.63) is 81.8 Å². The Kier molecular flexibility index (Phi) is 6.09. The summed E-state index contributed by atoms with van der Waals surface area (Å²) in [5, 5.41) is 14.1. The summed E-state index contributed by atoms with van der Waals surface area (Å²) in [7, 11) is 0. The maximum Gasteiger partial charge on any atom is 0.320 e. The molecular formula is C22H21BrN2O3. The van der Waals surface area contributed by atoms with Crippen LogP contribution in [0.25, 0.3) is 0 Å². The highest BCUT2D eigenvalue weighted by Gasteiger charge is 2.53. The van der Waals surface area contributed by atoms with Crippen LogP contribution in [0.5, 0.6) is 0 Å². The predicted molar refractivity (Wildman–Crippen MR) is 112 cm³/mol. The first kappa shape index (κ1) is 20.0. The van der Waals surface area contributed by atoms with Crippen molar-refractivity contribution >= 4 is 34.0 Å². The van der Waals surface area contributed by atoms with E-state index in [1.807, 2.05) is 67.6 Å². The molecule has 0 bridgehead atoms. The SMILES string of the molecule is CC1=CCC(C(=O)O)(C(=O)NN=Cc2ccc(Br)cc2)C(c2ccccc2)C1. The molecule has 0 fully saturated rings. The van der Waals surface area contributed by atoms with E-state index in [0.29, 0.717) is 6.42 Å². The highest BCUT2D eigenvalue weighted by Crippen LogP contribution is 2.47. The number of hydrogen-bond acceptors (Lipinski definition) is 3. The Hall–Kier alpha value is -2.73. The van der Waals surface area contributed by atoms with Gasteiger partial charge in [-0.3, -0.25) is 9.59 Å². The number of aliphatic carboxylic acids is 1. The van der Waals surface area contributed by atoms with E-state index in [2.05, 4.69) is 26.5 Å². The van der Waals surface area contributed by atoms with Gasteiger partial charge >= 0.3 is 5.97 Å². The summed E-state index contributed by atoms with van der Waals surface area (Å²) >= 11 is 3.36. The molecule has 1 aliphatic carbocycles. The second-order valence-corrected chi connectivity index (χ2v) is 7.86. The number of amides is 1. The van der Waals surface area contributed by atoms with E-state index in [1.54, 1.807) is 0 Å². The van der Waals surface area contributed by atoms with E-state index < -0.39 is 23.2 Å². The lowest BCUT2D eigenvalue weighted by molar-refractivity contribution is -0.158. The van der Waals surface area contributed by atoms with Gasteiger partial charge in [0.25, 0.3) is 5.91 Å². The highest BCUT2D eigenvalue weighted by molar-refractivity contribution is 9.10. The van der Waals surface area contributed by atoms with Gasteiger partial charge in [-0.15, -0.1) is 0 Å². The van der Waals surface area contributed by atoms with Crippen LogP contribution in [0, 0.1) is 5.41 Å². The van der Waals surface area contributed by atoms with Gasteiger partial charge in [0.05, 0.1) is 6.21 Å². The Morgan fingerprint density at radius 1 is 1.18 bits per heavy atom. The standard InChI is InChI=1S/C22H21BrN2O3/c1-15-11-12-22(21(27)28,19(13-15)17-5-3-2-4-6-17)20(26)25-24-14-16-7-9-18(23)10-8-16/h2-11,14,19H,12-13H2,1H3,(H,25,26)(H,27,28). The summed E-state index contributed by atoms with van der Waals surface area (Å²) in [6, 6.07) is 16.7. The molecule has 5 nitrogen and oxygen atoms in total. The summed E-state index contributed by atoms with van der Waals surface area (Å²) in [5.74, 6) is -2.20. The van der Waals surface area contributed by atoms with Crippen LogP contribution in [0.2, 0.25) is 0 Å². The fourth-order valence-corrected chi connectivity index (χ4v) is 3.81. The van der Waals surface area contributed by atoms with E-state index in [1.165, 1.54) is 6.21 Å². The Bertz CT molecular complexity index is 923. The molecule has 2 aromatic rings. The van der Waals surface area contributed by atoms with Gasteiger partial charge < -0.3 is 5.11 Å². The summed E-state index contributed by atoms with van der Waals surface area (Å²) in [6.07, 6.45) is 3.99. The molecule has 0 aliphatic heterocycles. The third-order valence-electron chi connectivity index (χ3n) is 5.13. The topological polar surface area (TPSA) is 78.8 Å². The van der Waals surface area contributed by atoms with Crippen LogP contribution in [0.3, 0.4) is 0 Å². The van der Waals surface area contributed by atoms with Gasteiger partial charge in [0.1, 0.15) is 0 Å². The zero-order valence-electron chi connectivity index (χ0n) is 15.4. The molecule has 2 N–H and O–H groups in total. The Morgan fingerprint density at radius 2 is 1.86 bits per heavy atom. The van der Waals surface area contributed by atoms with Crippen molar-refractivity contribution in [2.45, 2.75) is 25.7 Å². The fraction of sp³-hybridized carbons (Fsp3) is 0.227. The lowest BCUT2D eigenvalue weighted by Gasteiger charge is -2.38. The molecule has 2 aromatic carbocycles. The second kappa shape index (κ2) is 8.52. The van der Waals surface area contributed by atoms with Crippen LogP contribution < -0.4 is 5.43 Å². The first-order valence-corrected chi connectivity index (χ1v) is 9.76. The molecular weight excluding hydrogens is 420 g/mol. The molecule has 0 radical (unpaired) electrons. The molecule has 0 heterocycles. The minimum absolute atomic E-state index is 0.132. The average Bonchev–Trinajstić information content (AvgIpc) is 2.70. The molecule has 1 aliphatic rings. The van der Waals surface area contributed by atoms with Crippen molar-refractivity contribution in [2.75, 3.05) is 0 Å². The minimum Gasteiger partial charge on any atom is -0.480 e. The Labute approximate surface area is 172 Å². The monoisotopic (exact) mass is 440 g/mol. The molecule has 144 valence electrons. The van der Waals surface area contributed by atoms with Gasteiger partial charge in [0.15, 0.2) is 5.41 Å².